The molecule has 1 unspecified atom stereocenters. The third-order valence-electron chi connectivity index (χ3n) is 2.02. The fourth-order valence-corrected chi connectivity index (χ4v) is 1.75. The molecule has 1 nitrogen and oxygen atoms in total. The van der Waals surface area contributed by atoms with Gasteiger partial charge in [-0.1, -0.05) is 17.7 Å². The molecular formula is C11H11BrClN. The van der Waals surface area contributed by atoms with Crippen LogP contribution in [0.2, 0.25) is 5.02 Å². The lowest BCUT2D eigenvalue weighted by Gasteiger charge is -2.14. The number of hydrogen-bond donors (Lipinski definition) is 1. The van der Waals surface area contributed by atoms with Gasteiger partial charge >= 0.3 is 0 Å². The van der Waals surface area contributed by atoms with Crippen LogP contribution in [0.1, 0.15) is 18.0 Å². The lowest BCUT2D eigenvalue weighted by atomic mass is 10.0. The first-order valence-corrected chi connectivity index (χ1v) is 5.41. The maximum Gasteiger partial charge on any atom is 0.0548 e. The largest absolute Gasteiger partial charge is 0.312 e. The second-order valence-electron chi connectivity index (χ2n) is 2.92. The highest BCUT2D eigenvalue weighted by molar-refractivity contribution is 9.10. The Morgan fingerprint density at radius 1 is 1.64 bits per heavy atom. The summed E-state index contributed by atoms with van der Waals surface area (Å²) in [4.78, 5) is 0. The van der Waals surface area contributed by atoms with Gasteiger partial charge in [0.05, 0.1) is 5.02 Å². The number of terminal acetylenes is 1. The summed E-state index contributed by atoms with van der Waals surface area (Å²) in [5.74, 6) is 2.64. The van der Waals surface area contributed by atoms with Crippen LogP contribution >= 0.6 is 27.5 Å². The Labute approximate surface area is 98.0 Å². The number of hydrogen-bond acceptors (Lipinski definition) is 1. The Bertz CT molecular complexity index is 357. The molecule has 1 aromatic carbocycles. The topological polar surface area (TPSA) is 12.0 Å². The van der Waals surface area contributed by atoms with Gasteiger partial charge in [-0.25, -0.2) is 0 Å². The van der Waals surface area contributed by atoms with E-state index in [9.17, 15) is 0 Å². The molecule has 0 aliphatic heterocycles. The van der Waals surface area contributed by atoms with Crippen molar-refractivity contribution < 1.29 is 0 Å². The molecule has 14 heavy (non-hydrogen) atoms. The van der Waals surface area contributed by atoms with Gasteiger partial charge < -0.3 is 5.32 Å². The highest BCUT2D eigenvalue weighted by Crippen LogP contribution is 2.26. The van der Waals surface area contributed by atoms with E-state index in [1.54, 1.807) is 0 Å². The predicted molar refractivity (Wildman–Crippen MR) is 64.4 cm³/mol. The van der Waals surface area contributed by atoms with Crippen LogP contribution in [0.4, 0.5) is 0 Å². The summed E-state index contributed by atoms with van der Waals surface area (Å²) in [5.41, 5.74) is 1.14. The van der Waals surface area contributed by atoms with Crippen molar-refractivity contribution >= 4 is 27.5 Å². The molecule has 0 amide bonds. The number of nitrogens with one attached hydrogen (secondary N) is 1. The van der Waals surface area contributed by atoms with Gasteiger partial charge in [0.15, 0.2) is 0 Å². The summed E-state index contributed by atoms with van der Waals surface area (Å²) in [5, 5.41) is 3.87. The SMILES string of the molecule is C#CCC(NC)c1ccc(Cl)c(Br)c1. The Kier molecular flexibility index (Phi) is 4.47. The van der Waals surface area contributed by atoms with Crippen LogP contribution < -0.4 is 5.32 Å². The monoisotopic (exact) mass is 271 g/mol. The minimum atomic E-state index is 0.188. The Balaban J connectivity index is 2.95. The number of benzene rings is 1. The molecule has 1 atom stereocenters. The first-order chi connectivity index (χ1) is 6.69. The molecular weight excluding hydrogens is 261 g/mol. The molecule has 0 radical (unpaired) electrons. The van der Waals surface area contributed by atoms with E-state index in [0.29, 0.717) is 11.4 Å². The van der Waals surface area contributed by atoms with E-state index in [2.05, 4.69) is 27.2 Å². The maximum absolute atomic E-state index is 5.90. The molecule has 0 aromatic heterocycles. The van der Waals surface area contributed by atoms with Crippen molar-refractivity contribution in [3.8, 4) is 12.3 Å². The van der Waals surface area contributed by atoms with Crippen molar-refractivity contribution in [1.82, 2.24) is 5.32 Å². The van der Waals surface area contributed by atoms with Crippen LogP contribution in [0, 0.1) is 12.3 Å². The standard InChI is InChI=1S/C11H11BrClN/c1-3-4-11(14-2)8-5-6-10(13)9(12)7-8/h1,5-7,11,14H,4H2,2H3. The lowest BCUT2D eigenvalue weighted by molar-refractivity contribution is 0.611. The zero-order valence-corrected chi connectivity index (χ0v) is 10.2. The van der Waals surface area contributed by atoms with E-state index in [0.717, 1.165) is 10.0 Å². The lowest BCUT2D eigenvalue weighted by Crippen LogP contribution is -2.15. The average Bonchev–Trinajstić information content (AvgIpc) is 2.19. The summed E-state index contributed by atoms with van der Waals surface area (Å²) in [6.45, 7) is 0. The maximum atomic E-state index is 5.90. The molecule has 0 bridgehead atoms. The van der Waals surface area contributed by atoms with Crippen molar-refractivity contribution in [3.63, 3.8) is 0 Å². The zero-order valence-electron chi connectivity index (χ0n) is 7.85. The van der Waals surface area contributed by atoms with Gasteiger partial charge in [-0.2, -0.15) is 0 Å². The third kappa shape index (κ3) is 2.75. The van der Waals surface area contributed by atoms with Gasteiger partial charge in [0.25, 0.3) is 0 Å². The van der Waals surface area contributed by atoms with Crippen LogP contribution in [0.15, 0.2) is 22.7 Å². The second kappa shape index (κ2) is 5.41. The quantitative estimate of drug-likeness (QED) is 0.832. The summed E-state index contributed by atoms with van der Waals surface area (Å²) in [6, 6.07) is 6.02. The number of rotatable bonds is 3. The molecule has 1 N–H and O–H groups in total. The number of halogens is 2. The average molecular weight is 273 g/mol. The highest BCUT2D eigenvalue weighted by Gasteiger charge is 2.08. The van der Waals surface area contributed by atoms with Crippen molar-refractivity contribution in [2.45, 2.75) is 12.5 Å². The van der Waals surface area contributed by atoms with E-state index in [1.807, 2.05) is 25.2 Å². The highest BCUT2D eigenvalue weighted by atomic mass is 79.9. The fourth-order valence-electron chi connectivity index (χ4n) is 1.23. The zero-order chi connectivity index (χ0) is 10.6. The Morgan fingerprint density at radius 3 is 2.86 bits per heavy atom. The summed E-state index contributed by atoms with van der Waals surface area (Å²) < 4.78 is 0.897. The molecule has 0 fully saturated rings. The van der Waals surface area contributed by atoms with Crippen LogP contribution in [-0.2, 0) is 0 Å². The van der Waals surface area contributed by atoms with Gasteiger partial charge in [-0.15, -0.1) is 12.3 Å². The Hall–Kier alpha value is -0.490. The van der Waals surface area contributed by atoms with Crippen molar-refractivity contribution in [1.29, 1.82) is 0 Å². The van der Waals surface area contributed by atoms with Gasteiger partial charge in [-0.3, -0.25) is 0 Å². The summed E-state index contributed by atoms with van der Waals surface area (Å²) >= 11 is 9.28. The molecule has 0 heterocycles. The van der Waals surface area contributed by atoms with E-state index < -0.39 is 0 Å². The van der Waals surface area contributed by atoms with Crippen LogP contribution in [-0.4, -0.2) is 7.05 Å². The normalized spacial score (nSPS) is 12.1. The molecule has 0 aliphatic carbocycles. The molecule has 74 valence electrons. The Morgan fingerprint density at radius 2 is 2.36 bits per heavy atom. The second-order valence-corrected chi connectivity index (χ2v) is 4.18. The third-order valence-corrected chi connectivity index (χ3v) is 3.23. The molecule has 0 spiro atoms. The molecule has 1 aromatic rings. The van der Waals surface area contributed by atoms with Crippen LogP contribution in [0.3, 0.4) is 0 Å². The van der Waals surface area contributed by atoms with Crippen molar-refractivity contribution in [3.05, 3.63) is 33.3 Å². The van der Waals surface area contributed by atoms with Crippen molar-refractivity contribution in [2.24, 2.45) is 0 Å². The molecule has 0 saturated heterocycles. The van der Waals surface area contributed by atoms with E-state index in [-0.39, 0.29) is 6.04 Å². The first-order valence-electron chi connectivity index (χ1n) is 4.24. The summed E-state index contributed by atoms with van der Waals surface area (Å²) in [6.07, 6.45) is 5.95. The predicted octanol–water partition coefficient (Wildman–Crippen LogP) is 3.39. The van der Waals surface area contributed by atoms with E-state index in [1.165, 1.54) is 0 Å². The van der Waals surface area contributed by atoms with Gasteiger partial charge in [0, 0.05) is 16.9 Å². The fraction of sp³-hybridized carbons (Fsp3) is 0.273. The van der Waals surface area contributed by atoms with Gasteiger partial charge in [0.1, 0.15) is 0 Å². The minimum Gasteiger partial charge on any atom is -0.312 e. The van der Waals surface area contributed by atoms with E-state index in [4.69, 9.17) is 18.0 Å². The minimum absolute atomic E-state index is 0.188. The first kappa shape index (κ1) is 11.6. The molecule has 3 heteroatoms. The van der Waals surface area contributed by atoms with Crippen molar-refractivity contribution in [2.75, 3.05) is 7.05 Å². The summed E-state index contributed by atoms with van der Waals surface area (Å²) in [7, 11) is 1.89. The van der Waals surface area contributed by atoms with Crippen LogP contribution in [0.25, 0.3) is 0 Å². The van der Waals surface area contributed by atoms with E-state index >= 15 is 0 Å². The smallest absolute Gasteiger partial charge is 0.0548 e. The van der Waals surface area contributed by atoms with Crippen LogP contribution in [0.5, 0.6) is 0 Å². The van der Waals surface area contributed by atoms with Gasteiger partial charge in [0.2, 0.25) is 0 Å². The molecule has 1 rings (SSSR count). The molecule has 0 aliphatic rings. The van der Waals surface area contributed by atoms with Gasteiger partial charge in [-0.05, 0) is 40.7 Å². The molecule has 0 saturated carbocycles.